The smallest absolute Gasteiger partial charge is 0.0210 e. The maximum Gasteiger partial charge on any atom is -0.0210 e. The summed E-state index contributed by atoms with van der Waals surface area (Å²) in [5, 5.41) is 0. The van der Waals surface area contributed by atoms with E-state index in [4.69, 9.17) is 0 Å². The minimum Gasteiger partial charge on any atom is -0.0654 e. The van der Waals surface area contributed by atoms with Crippen LogP contribution >= 0.6 is 0 Å². The molecule has 0 heterocycles. The van der Waals surface area contributed by atoms with Gasteiger partial charge in [0.25, 0.3) is 0 Å². The summed E-state index contributed by atoms with van der Waals surface area (Å²) < 4.78 is 0. The van der Waals surface area contributed by atoms with Crippen LogP contribution in [-0.4, -0.2) is 0 Å². The highest BCUT2D eigenvalue weighted by atomic mass is 14.3. The molecule has 0 aliphatic heterocycles. The van der Waals surface area contributed by atoms with E-state index in [9.17, 15) is 0 Å². The zero-order valence-electron chi connectivity index (χ0n) is 15.0. The quantitative estimate of drug-likeness (QED) is 0.269. The molecule has 0 aliphatic rings. The Kier molecular flexibility index (Phi) is 15.4. The summed E-state index contributed by atoms with van der Waals surface area (Å²) in [7, 11) is 0. The largest absolute Gasteiger partial charge is 0.0654 e. The van der Waals surface area contributed by atoms with Crippen LogP contribution in [0.5, 0.6) is 0 Å². The Hall–Kier alpha value is 0. The van der Waals surface area contributed by atoms with Gasteiger partial charge in [-0.1, -0.05) is 91.9 Å². The lowest BCUT2D eigenvalue weighted by Crippen LogP contribution is -2.13. The molecule has 0 aliphatic carbocycles. The lowest BCUT2D eigenvalue weighted by Gasteiger charge is -2.27. The molecule has 0 aromatic rings. The van der Waals surface area contributed by atoms with Crippen LogP contribution in [0.1, 0.15) is 118 Å². The molecule has 0 nitrogen and oxygen atoms in total. The van der Waals surface area contributed by atoms with Gasteiger partial charge in [0.05, 0.1) is 0 Å². The SMILES string of the molecule is CCCCCCC(CCCC)[C](CCCC)CCCC. The topological polar surface area (TPSA) is 0 Å². The zero-order chi connectivity index (χ0) is 15.1. The number of rotatable bonds is 15. The lowest BCUT2D eigenvalue weighted by molar-refractivity contribution is 0.382. The molecule has 0 aromatic carbocycles. The first-order valence-electron chi connectivity index (χ1n) is 9.64. The molecule has 1 radical (unpaired) electrons. The molecule has 0 spiro atoms. The van der Waals surface area contributed by atoms with Crippen molar-refractivity contribution in [3.63, 3.8) is 0 Å². The molecule has 0 N–H and O–H groups in total. The Morgan fingerprint density at radius 1 is 0.550 bits per heavy atom. The van der Waals surface area contributed by atoms with Crippen LogP contribution in [0.4, 0.5) is 0 Å². The molecule has 1 atom stereocenters. The van der Waals surface area contributed by atoms with E-state index in [1.165, 1.54) is 89.9 Å². The standard InChI is InChI=1S/C20H41/c1-5-9-13-14-18-20(17-12-8-4)19(15-10-6-2)16-11-7-3/h20H,5-18H2,1-4H3. The van der Waals surface area contributed by atoms with E-state index in [0.717, 1.165) is 5.92 Å². The molecule has 0 amide bonds. The number of hydrogen-bond donors (Lipinski definition) is 0. The highest BCUT2D eigenvalue weighted by Gasteiger charge is 2.20. The average molecular weight is 282 g/mol. The molecule has 0 bridgehead atoms. The van der Waals surface area contributed by atoms with E-state index in [-0.39, 0.29) is 0 Å². The lowest BCUT2D eigenvalue weighted by atomic mass is 9.78. The van der Waals surface area contributed by atoms with E-state index < -0.39 is 0 Å². The highest BCUT2D eigenvalue weighted by Crippen LogP contribution is 2.34. The Morgan fingerprint density at radius 3 is 1.55 bits per heavy atom. The summed E-state index contributed by atoms with van der Waals surface area (Å²) in [5.74, 6) is 2.88. The summed E-state index contributed by atoms with van der Waals surface area (Å²) in [6, 6.07) is 0. The molecule has 1 unspecified atom stereocenters. The molecule has 121 valence electrons. The second-order valence-electron chi connectivity index (χ2n) is 6.55. The molecule has 0 rings (SSSR count). The molecule has 0 saturated carbocycles. The van der Waals surface area contributed by atoms with Gasteiger partial charge in [0.15, 0.2) is 0 Å². The molecular weight excluding hydrogens is 240 g/mol. The second kappa shape index (κ2) is 15.4. The first-order chi connectivity index (χ1) is 9.79. The van der Waals surface area contributed by atoms with Crippen LogP contribution in [0.15, 0.2) is 0 Å². The molecule has 20 heavy (non-hydrogen) atoms. The minimum atomic E-state index is 0.949. The third-order valence-corrected chi connectivity index (χ3v) is 4.59. The summed E-state index contributed by atoms with van der Waals surface area (Å²) >= 11 is 0. The monoisotopic (exact) mass is 281 g/mol. The summed E-state index contributed by atoms with van der Waals surface area (Å²) in [4.78, 5) is 0. The van der Waals surface area contributed by atoms with Gasteiger partial charge in [0.2, 0.25) is 0 Å². The van der Waals surface area contributed by atoms with Gasteiger partial charge >= 0.3 is 0 Å². The third kappa shape index (κ3) is 10.7. The van der Waals surface area contributed by atoms with E-state index in [1.807, 2.05) is 5.92 Å². The van der Waals surface area contributed by atoms with E-state index in [0.29, 0.717) is 0 Å². The van der Waals surface area contributed by atoms with Crippen molar-refractivity contribution in [2.75, 3.05) is 0 Å². The van der Waals surface area contributed by atoms with Crippen LogP contribution in [0, 0.1) is 11.8 Å². The van der Waals surface area contributed by atoms with Crippen molar-refractivity contribution in [1.82, 2.24) is 0 Å². The third-order valence-electron chi connectivity index (χ3n) is 4.59. The first-order valence-corrected chi connectivity index (χ1v) is 9.64. The maximum absolute atomic E-state index is 2.34. The predicted molar refractivity (Wildman–Crippen MR) is 94.1 cm³/mol. The van der Waals surface area contributed by atoms with Crippen molar-refractivity contribution in [3.05, 3.63) is 5.92 Å². The Morgan fingerprint density at radius 2 is 1.05 bits per heavy atom. The Bertz CT molecular complexity index is 165. The van der Waals surface area contributed by atoms with E-state index >= 15 is 0 Å². The fourth-order valence-electron chi connectivity index (χ4n) is 3.16. The Balaban J connectivity index is 4.28. The summed E-state index contributed by atoms with van der Waals surface area (Å²) in [6.45, 7) is 9.32. The van der Waals surface area contributed by atoms with E-state index in [1.54, 1.807) is 0 Å². The van der Waals surface area contributed by atoms with Gasteiger partial charge in [-0.3, -0.25) is 0 Å². The zero-order valence-corrected chi connectivity index (χ0v) is 15.0. The van der Waals surface area contributed by atoms with Gasteiger partial charge in [-0.05, 0) is 37.5 Å². The maximum atomic E-state index is 2.34. The van der Waals surface area contributed by atoms with Gasteiger partial charge in [-0.15, -0.1) is 0 Å². The van der Waals surface area contributed by atoms with Crippen LogP contribution < -0.4 is 0 Å². The van der Waals surface area contributed by atoms with Crippen molar-refractivity contribution < 1.29 is 0 Å². The normalized spacial score (nSPS) is 13.1. The van der Waals surface area contributed by atoms with Crippen LogP contribution in [0.25, 0.3) is 0 Å². The van der Waals surface area contributed by atoms with Crippen molar-refractivity contribution >= 4 is 0 Å². The minimum absolute atomic E-state index is 0.949. The van der Waals surface area contributed by atoms with Gasteiger partial charge in [-0.25, -0.2) is 0 Å². The van der Waals surface area contributed by atoms with Gasteiger partial charge in [0, 0.05) is 0 Å². The number of hydrogen-bond acceptors (Lipinski definition) is 0. The van der Waals surface area contributed by atoms with Gasteiger partial charge < -0.3 is 0 Å². The number of unbranched alkanes of at least 4 members (excludes halogenated alkanes) is 6. The van der Waals surface area contributed by atoms with Crippen molar-refractivity contribution in [2.45, 2.75) is 118 Å². The van der Waals surface area contributed by atoms with Crippen LogP contribution in [-0.2, 0) is 0 Å². The van der Waals surface area contributed by atoms with Crippen molar-refractivity contribution in [1.29, 1.82) is 0 Å². The fourth-order valence-corrected chi connectivity index (χ4v) is 3.16. The second-order valence-corrected chi connectivity index (χ2v) is 6.55. The van der Waals surface area contributed by atoms with Crippen molar-refractivity contribution in [3.8, 4) is 0 Å². The molecule has 0 heteroatoms. The van der Waals surface area contributed by atoms with Crippen molar-refractivity contribution in [2.24, 2.45) is 5.92 Å². The first kappa shape index (κ1) is 20.0. The highest BCUT2D eigenvalue weighted by molar-refractivity contribution is 4.96. The van der Waals surface area contributed by atoms with Crippen LogP contribution in [0.3, 0.4) is 0 Å². The molecular formula is C20H41. The molecule has 0 aromatic heterocycles. The van der Waals surface area contributed by atoms with Crippen LogP contribution in [0.2, 0.25) is 0 Å². The fraction of sp³-hybridized carbons (Fsp3) is 0.950. The van der Waals surface area contributed by atoms with E-state index in [2.05, 4.69) is 27.7 Å². The van der Waals surface area contributed by atoms with Gasteiger partial charge in [-0.2, -0.15) is 0 Å². The predicted octanol–water partition coefficient (Wildman–Crippen LogP) is 7.72. The Labute approximate surface area is 130 Å². The summed E-state index contributed by atoms with van der Waals surface area (Å²) in [6.07, 6.45) is 19.8. The molecule has 0 fully saturated rings. The summed E-state index contributed by atoms with van der Waals surface area (Å²) in [5.41, 5.74) is 0. The van der Waals surface area contributed by atoms with Gasteiger partial charge in [0.1, 0.15) is 0 Å². The molecule has 0 saturated heterocycles. The average Bonchev–Trinajstić information content (AvgIpc) is 2.47.